The molecule has 0 aliphatic carbocycles. The highest BCUT2D eigenvalue weighted by Gasteiger charge is 2.17. The van der Waals surface area contributed by atoms with Crippen molar-refractivity contribution < 1.29 is 14.7 Å². The molecular weight excluding hydrogens is 288 g/mol. The van der Waals surface area contributed by atoms with Gasteiger partial charge in [0.25, 0.3) is 0 Å². The number of hydrogen-bond donors (Lipinski definition) is 2. The van der Waals surface area contributed by atoms with Crippen molar-refractivity contribution in [1.29, 1.82) is 0 Å². The molecule has 0 spiro atoms. The molecule has 1 aromatic rings. The number of aromatic carboxylic acids is 1. The molecule has 0 saturated carbocycles. The van der Waals surface area contributed by atoms with Crippen LogP contribution in [0.15, 0.2) is 18.2 Å². The molecule has 0 saturated heterocycles. The first kappa shape index (κ1) is 17.4. The number of hydrogen-bond acceptors (Lipinski definition) is 3. The number of thioether (sulfide) groups is 1. The van der Waals surface area contributed by atoms with Gasteiger partial charge >= 0.3 is 12.0 Å². The number of nitrogens with one attached hydrogen (secondary N) is 1. The van der Waals surface area contributed by atoms with Gasteiger partial charge in [-0.05, 0) is 50.0 Å². The topological polar surface area (TPSA) is 69.6 Å². The highest BCUT2D eigenvalue weighted by atomic mass is 32.2. The largest absolute Gasteiger partial charge is 0.478 e. The number of rotatable bonds is 6. The number of nitrogens with zero attached hydrogens (tertiary/aromatic N) is 1. The highest BCUT2D eigenvalue weighted by molar-refractivity contribution is 7.98. The lowest BCUT2D eigenvalue weighted by Gasteiger charge is -2.25. The molecule has 116 valence electrons. The van der Waals surface area contributed by atoms with E-state index < -0.39 is 5.97 Å². The van der Waals surface area contributed by atoms with Gasteiger partial charge < -0.3 is 15.3 Å². The molecule has 0 radical (unpaired) electrons. The second-order valence-electron chi connectivity index (χ2n) is 4.95. The fraction of sp³-hybridized carbons (Fsp3) is 0.467. The van der Waals surface area contributed by atoms with E-state index in [0.29, 0.717) is 11.3 Å². The Hall–Kier alpha value is -1.69. The van der Waals surface area contributed by atoms with E-state index in [0.717, 1.165) is 12.2 Å². The Morgan fingerprint density at radius 2 is 2.10 bits per heavy atom. The number of carboxylic acids is 1. The van der Waals surface area contributed by atoms with Crippen molar-refractivity contribution in [3.63, 3.8) is 0 Å². The average molecular weight is 310 g/mol. The summed E-state index contributed by atoms with van der Waals surface area (Å²) in [6.45, 7) is 3.69. The van der Waals surface area contributed by atoms with Crippen LogP contribution in [0.3, 0.4) is 0 Å². The number of urea groups is 1. The van der Waals surface area contributed by atoms with E-state index >= 15 is 0 Å². The smallest absolute Gasteiger partial charge is 0.336 e. The summed E-state index contributed by atoms with van der Waals surface area (Å²) < 4.78 is 0. The lowest BCUT2D eigenvalue weighted by molar-refractivity contribution is 0.0696. The molecule has 2 amide bonds. The summed E-state index contributed by atoms with van der Waals surface area (Å²) in [5, 5.41) is 11.9. The molecule has 1 rings (SSSR count). The maximum Gasteiger partial charge on any atom is 0.336 e. The molecule has 1 unspecified atom stereocenters. The molecule has 6 heteroatoms. The van der Waals surface area contributed by atoms with Gasteiger partial charge in [0.15, 0.2) is 0 Å². The van der Waals surface area contributed by atoms with E-state index in [4.69, 9.17) is 5.11 Å². The van der Waals surface area contributed by atoms with Crippen LogP contribution in [0.5, 0.6) is 0 Å². The first-order valence-electron chi connectivity index (χ1n) is 6.74. The van der Waals surface area contributed by atoms with Crippen LogP contribution in [-0.2, 0) is 0 Å². The Balaban J connectivity index is 2.79. The molecular formula is C15H22N2O3S. The van der Waals surface area contributed by atoms with Crippen molar-refractivity contribution in [2.24, 2.45) is 0 Å². The van der Waals surface area contributed by atoms with Gasteiger partial charge in [0.05, 0.1) is 5.56 Å². The van der Waals surface area contributed by atoms with Crippen LogP contribution in [-0.4, -0.2) is 47.1 Å². The summed E-state index contributed by atoms with van der Waals surface area (Å²) in [5.74, 6) is -0.00273. The number of carbonyl (C=O) groups is 2. The van der Waals surface area contributed by atoms with Crippen molar-refractivity contribution in [3.05, 3.63) is 29.3 Å². The summed E-state index contributed by atoms with van der Waals surface area (Å²) >= 11 is 1.75. The van der Waals surface area contributed by atoms with Crippen LogP contribution in [0.25, 0.3) is 0 Å². The van der Waals surface area contributed by atoms with Crippen LogP contribution in [0.4, 0.5) is 10.5 Å². The Bertz CT molecular complexity index is 520. The minimum atomic E-state index is -0.995. The monoisotopic (exact) mass is 310 g/mol. The molecule has 21 heavy (non-hydrogen) atoms. The standard InChI is InChI=1S/C15H22N2O3S/c1-10(8-9-21-4)17(3)15(20)16-13-7-5-6-12(11(13)2)14(18)19/h5-7,10H,8-9H2,1-4H3,(H,16,20)(H,18,19). The van der Waals surface area contributed by atoms with Crippen molar-refractivity contribution in [2.75, 3.05) is 24.4 Å². The van der Waals surface area contributed by atoms with Crippen molar-refractivity contribution >= 4 is 29.4 Å². The van der Waals surface area contributed by atoms with Gasteiger partial charge in [0, 0.05) is 18.8 Å². The predicted molar refractivity (Wildman–Crippen MR) is 87.4 cm³/mol. The zero-order chi connectivity index (χ0) is 16.0. The molecule has 1 atom stereocenters. The van der Waals surface area contributed by atoms with Crippen LogP contribution >= 0.6 is 11.8 Å². The molecule has 0 heterocycles. The Labute approximate surface area is 129 Å². The molecule has 0 fully saturated rings. The van der Waals surface area contributed by atoms with Gasteiger partial charge in [-0.2, -0.15) is 11.8 Å². The van der Waals surface area contributed by atoms with E-state index in [2.05, 4.69) is 5.32 Å². The number of anilines is 1. The maximum absolute atomic E-state index is 12.2. The highest BCUT2D eigenvalue weighted by Crippen LogP contribution is 2.19. The Kier molecular flexibility index (Phi) is 6.55. The number of benzene rings is 1. The molecule has 1 aromatic carbocycles. The van der Waals surface area contributed by atoms with Gasteiger partial charge in [-0.25, -0.2) is 9.59 Å². The fourth-order valence-electron chi connectivity index (χ4n) is 1.89. The second-order valence-corrected chi connectivity index (χ2v) is 5.94. The zero-order valence-corrected chi connectivity index (χ0v) is 13.7. The Morgan fingerprint density at radius 3 is 2.67 bits per heavy atom. The maximum atomic E-state index is 12.2. The van der Waals surface area contributed by atoms with E-state index in [1.54, 1.807) is 42.8 Å². The summed E-state index contributed by atoms with van der Waals surface area (Å²) in [7, 11) is 1.75. The van der Waals surface area contributed by atoms with E-state index in [9.17, 15) is 9.59 Å². The number of carbonyl (C=O) groups excluding carboxylic acids is 1. The van der Waals surface area contributed by atoms with Gasteiger partial charge in [-0.1, -0.05) is 6.07 Å². The number of carboxylic acid groups (broad SMARTS) is 1. The minimum Gasteiger partial charge on any atom is -0.478 e. The van der Waals surface area contributed by atoms with Gasteiger partial charge in [0.1, 0.15) is 0 Å². The van der Waals surface area contributed by atoms with Crippen LogP contribution in [0, 0.1) is 6.92 Å². The molecule has 2 N–H and O–H groups in total. The van der Waals surface area contributed by atoms with Crippen molar-refractivity contribution in [1.82, 2.24) is 4.90 Å². The molecule has 0 bridgehead atoms. The predicted octanol–water partition coefficient (Wildman–Crippen LogP) is 3.30. The Morgan fingerprint density at radius 1 is 1.43 bits per heavy atom. The van der Waals surface area contributed by atoms with Gasteiger partial charge in [-0.3, -0.25) is 0 Å². The third-order valence-corrected chi connectivity index (χ3v) is 4.17. The van der Waals surface area contributed by atoms with Gasteiger partial charge in [0.2, 0.25) is 0 Å². The summed E-state index contributed by atoms with van der Waals surface area (Å²) in [6.07, 6.45) is 2.95. The number of amides is 2. The first-order valence-corrected chi connectivity index (χ1v) is 8.13. The van der Waals surface area contributed by atoms with E-state index in [-0.39, 0.29) is 17.6 Å². The van der Waals surface area contributed by atoms with E-state index in [1.165, 1.54) is 6.07 Å². The van der Waals surface area contributed by atoms with E-state index in [1.807, 2.05) is 13.2 Å². The lowest BCUT2D eigenvalue weighted by Crippen LogP contribution is -2.38. The normalized spacial score (nSPS) is 11.8. The van der Waals surface area contributed by atoms with Crippen molar-refractivity contribution in [3.8, 4) is 0 Å². The molecule has 5 nitrogen and oxygen atoms in total. The van der Waals surface area contributed by atoms with Gasteiger partial charge in [-0.15, -0.1) is 0 Å². The molecule has 0 aliphatic rings. The molecule has 0 aliphatic heterocycles. The lowest BCUT2D eigenvalue weighted by atomic mass is 10.1. The summed E-state index contributed by atoms with van der Waals surface area (Å²) in [5.41, 5.74) is 1.29. The summed E-state index contributed by atoms with van der Waals surface area (Å²) in [4.78, 5) is 24.9. The SMILES string of the molecule is CSCCC(C)N(C)C(=O)Nc1cccc(C(=O)O)c1C. The van der Waals surface area contributed by atoms with Crippen LogP contribution < -0.4 is 5.32 Å². The van der Waals surface area contributed by atoms with Crippen molar-refractivity contribution in [2.45, 2.75) is 26.3 Å². The first-order chi connectivity index (χ1) is 9.88. The quantitative estimate of drug-likeness (QED) is 0.846. The average Bonchev–Trinajstić information content (AvgIpc) is 2.45. The third kappa shape index (κ3) is 4.67. The van der Waals surface area contributed by atoms with Crippen LogP contribution in [0.2, 0.25) is 0 Å². The fourth-order valence-corrected chi connectivity index (χ4v) is 2.47. The minimum absolute atomic E-state index is 0.125. The van der Waals surface area contributed by atoms with Crippen LogP contribution in [0.1, 0.15) is 29.3 Å². The molecule has 0 aromatic heterocycles. The zero-order valence-electron chi connectivity index (χ0n) is 12.8. The summed E-state index contributed by atoms with van der Waals surface area (Å²) in [6, 6.07) is 4.76. The second kappa shape index (κ2) is 7.93. The third-order valence-electron chi connectivity index (χ3n) is 3.53.